The first-order valence-corrected chi connectivity index (χ1v) is 8.14. The van der Waals surface area contributed by atoms with Crippen molar-refractivity contribution in [3.63, 3.8) is 0 Å². The first-order chi connectivity index (χ1) is 10.9. The van der Waals surface area contributed by atoms with Crippen LogP contribution in [0.25, 0.3) is 6.08 Å². The predicted octanol–water partition coefficient (Wildman–Crippen LogP) is 4.37. The highest BCUT2D eigenvalue weighted by atomic mass is 35.5. The van der Waals surface area contributed by atoms with Gasteiger partial charge in [-0.25, -0.2) is 4.98 Å². The van der Waals surface area contributed by atoms with Gasteiger partial charge in [0.15, 0.2) is 0 Å². The van der Waals surface area contributed by atoms with Gasteiger partial charge in [-0.3, -0.25) is 0 Å². The summed E-state index contributed by atoms with van der Waals surface area (Å²) in [6.45, 7) is 6.24. The molecule has 0 saturated heterocycles. The standard InChI is InChI=1S/C18H23ClN4/c1-4-18(5-2,13-6-8-14(19)9-7-13)11-10-15-12(3)22-17(21)23-16(15)20/h6-11H,4-5H2,1-3H3,(H4,20,21,22,23)/b11-10+. The van der Waals surface area contributed by atoms with Crippen molar-refractivity contribution in [2.24, 2.45) is 0 Å². The molecule has 5 heteroatoms. The van der Waals surface area contributed by atoms with E-state index >= 15 is 0 Å². The molecule has 2 rings (SSSR count). The zero-order valence-electron chi connectivity index (χ0n) is 13.8. The number of aryl methyl sites for hydroxylation is 1. The van der Waals surface area contributed by atoms with Crippen LogP contribution >= 0.6 is 11.6 Å². The molecule has 2 aromatic rings. The molecule has 4 nitrogen and oxygen atoms in total. The summed E-state index contributed by atoms with van der Waals surface area (Å²) in [7, 11) is 0. The molecule has 0 bridgehead atoms. The van der Waals surface area contributed by atoms with Crippen molar-refractivity contribution in [3.8, 4) is 0 Å². The normalized spacial score (nSPS) is 12.0. The van der Waals surface area contributed by atoms with Crippen LogP contribution in [-0.2, 0) is 5.41 Å². The molecule has 0 radical (unpaired) electrons. The van der Waals surface area contributed by atoms with Gasteiger partial charge in [-0.15, -0.1) is 0 Å². The van der Waals surface area contributed by atoms with Gasteiger partial charge in [0.1, 0.15) is 5.82 Å². The molecule has 0 saturated carbocycles. The minimum atomic E-state index is -0.0785. The van der Waals surface area contributed by atoms with Crippen molar-refractivity contribution in [2.75, 3.05) is 11.5 Å². The Kier molecular flexibility index (Phi) is 5.26. The molecule has 23 heavy (non-hydrogen) atoms. The summed E-state index contributed by atoms with van der Waals surface area (Å²) in [5.41, 5.74) is 14.4. The van der Waals surface area contributed by atoms with Crippen molar-refractivity contribution >= 4 is 29.4 Å². The first kappa shape index (κ1) is 17.3. The molecule has 1 aromatic heterocycles. The molecule has 122 valence electrons. The monoisotopic (exact) mass is 330 g/mol. The lowest BCUT2D eigenvalue weighted by Crippen LogP contribution is -2.21. The molecule has 0 atom stereocenters. The largest absolute Gasteiger partial charge is 0.383 e. The highest BCUT2D eigenvalue weighted by Gasteiger charge is 2.25. The Morgan fingerprint density at radius 2 is 1.70 bits per heavy atom. The predicted molar refractivity (Wildman–Crippen MR) is 98.3 cm³/mol. The number of hydrogen-bond acceptors (Lipinski definition) is 4. The van der Waals surface area contributed by atoms with Crippen LogP contribution in [0.5, 0.6) is 0 Å². The van der Waals surface area contributed by atoms with E-state index in [1.54, 1.807) is 0 Å². The van der Waals surface area contributed by atoms with Gasteiger partial charge in [-0.05, 0) is 37.5 Å². The van der Waals surface area contributed by atoms with Crippen molar-refractivity contribution < 1.29 is 0 Å². The Balaban J connectivity index is 2.45. The van der Waals surface area contributed by atoms with Crippen LogP contribution in [0.3, 0.4) is 0 Å². The average Bonchev–Trinajstić information content (AvgIpc) is 2.51. The summed E-state index contributed by atoms with van der Waals surface area (Å²) < 4.78 is 0. The Bertz CT molecular complexity index is 680. The number of aromatic nitrogens is 2. The molecular weight excluding hydrogens is 308 g/mol. The second-order valence-electron chi connectivity index (χ2n) is 5.67. The van der Waals surface area contributed by atoms with E-state index in [9.17, 15) is 0 Å². The SMILES string of the molecule is CCC(/C=C/c1c(C)nc(N)nc1N)(CC)c1ccc(Cl)cc1. The maximum absolute atomic E-state index is 6.01. The highest BCUT2D eigenvalue weighted by molar-refractivity contribution is 6.30. The number of halogens is 1. The number of anilines is 2. The number of allylic oxidation sites excluding steroid dienone is 1. The van der Waals surface area contributed by atoms with Gasteiger partial charge in [0.25, 0.3) is 0 Å². The number of benzene rings is 1. The molecule has 0 fully saturated rings. The summed E-state index contributed by atoms with van der Waals surface area (Å²) in [6, 6.07) is 8.01. The third-order valence-corrected chi connectivity index (χ3v) is 4.68. The lowest BCUT2D eigenvalue weighted by atomic mass is 9.75. The van der Waals surface area contributed by atoms with E-state index in [-0.39, 0.29) is 11.4 Å². The number of nitrogen functional groups attached to an aromatic ring is 2. The van der Waals surface area contributed by atoms with Gasteiger partial charge in [-0.2, -0.15) is 4.98 Å². The second-order valence-corrected chi connectivity index (χ2v) is 6.11. The number of nitrogens with zero attached hydrogens (tertiary/aromatic N) is 2. The van der Waals surface area contributed by atoms with E-state index in [0.29, 0.717) is 5.82 Å². The number of hydrogen-bond donors (Lipinski definition) is 2. The summed E-state index contributed by atoms with van der Waals surface area (Å²) in [4.78, 5) is 8.24. The maximum Gasteiger partial charge on any atom is 0.222 e. The summed E-state index contributed by atoms with van der Waals surface area (Å²) in [5, 5.41) is 0.742. The summed E-state index contributed by atoms with van der Waals surface area (Å²) >= 11 is 6.01. The summed E-state index contributed by atoms with van der Waals surface area (Å²) in [6.07, 6.45) is 6.13. The van der Waals surface area contributed by atoms with E-state index < -0.39 is 0 Å². The maximum atomic E-state index is 6.01. The number of nitrogens with two attached hydrogens (primary N) is 2. The average molecular weight is 331 g/mol. The van der Waals surface area contributed by atoms with Crippen LogP contribution in [0.2, 0.25) is 5.02 Å². The molecule has 0 aliphatic rings. The van der Waals surface area contributed by atoms with Crippen LogP contribution < -0.4 is 11.5 Å². The Morgan fingerprint density at radius 1 is 1.09 bits per heavy atom. The fraction of sp³-hybridized carbons (Fsp3) is 0.333. The quantitative estimate of drug-likeness (QED) is 0.853. The molecule has 0 aliphatic heterocycles. The smallest absolute Gasteiger partial charge is 0.222 e. The molecular formula is C18H23ClN4. The van der Waals surface area contributed by atoms with E-state index in [1.165, 1.54) is 5.56 Å². The number of rotatable bonds is 5. The van der Waals surface area contributed by atoms with Gasteiger partial charge < -0.3 is 11.5 Å². The molecule has 4 N–H and O–H groups in total. The Morgan fingerprint density at radius 3 is 2.22 bits per heavy atom. The fourth-order valence-electron chi connectivity index (χ4n) is 2.85. The van der Waals surface area contributed by atoms with Crippen molar-refractivity contribution in [2.45, 2.75) is 39.0 Å². The Labute approximate surface area is 142 Å². The fourth-order valence-corrected chi connectivity index (χ4v) is 2.97. The third-order valence-electron chi connectivity index (χ3n) is 4.43. The van der Waals surface area contributed by atoms with E-state index in [1.807, 2.05) is 25.1 Å². The van der Waals surface area contributed by atoms with Crippen LogP contribution in [0.15, 0.2) is 30.3 Å². The third kappa shape index (κ3) is 3.64. The van der Waals surface area contributed by atoms with Gasteiger partial charge in [0, 0.05) is 16.0 Å². The highest BCUT2D eigenvalue weighted by Crippen LogP contribution is 2.35. The van der Waals surface area contributed by atoms with Crippen LogP contribution in [0.4, 0.5) is 11.8 Å². The first-order valence-electron chi connectivity index (χ1n) is 7.76. The molecule has 0 aliphatic carbocycles. The summed E-state index contributed by atoms with van der Waals surface area (Å²) in [5.74, 6) is 0.607. The minimum absolute atomic E-state index is 0.0785. The molecule has 0 spiro atoms. The zero-order chi connectivity index (χ0) is 17.0. The van der Waals surface area contributed by atoms with Gasteiger partial charge in [0.2, 0.25) is 5.95 Å². The van der Waals surface area contributed by atoms with Crippen molar-refractivity contribution in [1.29, 1.82) is 0 Å². The second kappa shape index (κ2) is 7.01. The van der Waals surface area contributed by atoms with E-state index in [4.69, 9.17) is 23.1 Å². The topological polar surface area (TPSA) is 77.8 Å². The lowest BCUT2D eigenvalue weighted by molar-refractivity contribution is 0.499. The Hall–Kier alpha value is -2.07. The van der Waals surface area contributed by atoms with Crippen LogP contribution in [-0.4, -0.2) is 9.97 Å². The van der Waals surface area contributed by atoms with Gasteiger partial charge >= 0.3 is 0 Å². The van der Waals surface area contributed by atoms with Gasteiger partial charge in [-0.1, -0.05) is 49.7 Å². The van der Waals surface area contributed by atoms with Crippen LogP contribution in [0, 0.1) is 6.92 Å². The van der Waals surface area contributed by atoms with E-state index in [2.05, 4.69) is 42.0 Å². The van der Waals surface area contributed by atoms with Crippen molar-refractivity contribution in [3.05, 3.63) is 52.2 Å². The van der Waals surface area contributed by atoms with Crippen molar-refractivity contribution in [1.82, 2.24) is 9.97 Å². The molecule has 1 heterocycles. The molecule has 1 aromatic carbocycles. The van der Waals surface area contributed by atoms with Gasteiger partial charge in [0.05, 0.1) is 5.69 Å². The van der Waals surface area contributed by atoms with Crippen LogP contribution in [0.1, 0.15) is 43.5 Å². The molecule has 0 amide bonds. The zero-order valence-corrected chi connectivity index (χ0v) is 14.6. The lowest BCUT2D eigenvalue weighted by Gasteiger charge is -2.29. The minimum Gasteiger partial charge on any atom is -0.383 e. The van der Waals surface area contributed by atoms with E-state index in [0.717, 1.165) is 29.1 Å². The molecule has 0 unspecified atom stereocenters.